The van der Waals surface area contributed by atoms with E-state index in [1.54, 1.807) is 9.47 Å². The molecule has 3 heterocycles. The number of aromatic nitrogens is 4. The van der Waals surface area contributed by atoms with Gasteiger partial charge < -0.3 is 4.90 Å². The number of nitrogens with zero attached hydrogens (tertiary/aromatic N) is 5. The fourth-order valence-electron chi connectivity index (χ4n) is 3.76. The van der Waals surface area contributed by atoms with Gasteiger partial charge in [0.25, 0.3) is 0 Å². The lowest BCUT2D eigenvalue weighted by Gasteiger charge is -2.19. The number of thioether (sulfide) groups is 1. The number of rotatable bonds is 6. The number of halogens is 6. The van der Waals surface area contributed by atoms with Gasteiger partial charge >= 0.3 is 12.4 Å². The molecule has 1 aliphatic rings. The third-order valence-corrected chi connectivity index (χ3v) is 8.60. The quantitative estimate of drug-likeness (QED) is 0.183. The number of benzene rings is 2. The standard InChI is InChI=1S/C23H15F6N5OS3/c24-22(25,26)14-8-13(9-15(10-14)23(27,28)29)17-11-37-21(30-17)38-20-32-31-18(19-33(12-35)6-7-36-19)34(20)16-4-2-1-3-5-16/h1-5,8-12,19H,6-7H2. The third kappa shape index (κ3) is 5.40. The second kappa shape index (κ2) is 10.3. The predicted octanol–water partition coefficient (Wildman–Crippen LogP) is 6.78. The second-order valence-corrected chi connectivity index (χ2v) is 11.2. The van der Waals surface area contributed by atoms with Gasteiger partial charge in [-0.1, -0.05) is 18.2 Å². The first-order chi connectivity index (χ1) is 18.0. The summed E-state index contributed by atoms with van der Waals surface area (Å²) < 4.78 is 81.9. The Balaban J connectivity index is 1.51. The van der Waals surface area contributed by atoms with Crippen molar-refractivity contribution in [2.24, 2.45) is 0 Å². The van der Waals surface area contributed by atoms with Gasteiger partial charge in [0.15, 0.2) is 10.2 Å². The van der Waals surface area contributed by atoms with Crippen LogP contribution in [0.5, 0.6) is 0 Å². The molecule has 0 radical (unpaired) electrons. The summed E-state index contributed by atoms with van der Waals surface area (Å²) in [5.41, 5.74) is -2.43. The molecule has 4 aromatic rings. The number of amides is 1. The fraction of sp³-hybridized carbons (Fsp3) is 0.217. The first-order valence-electron chi connectivity index (χ1n) is 10.8. The molecule has 5 rings (SSSR count). The van der Waals surface area contributed by atoms with Crippen LogP contribution >= 0.6 is 34.9 Å². The third-order valence-electron chi connectivity index (χ3n) is 5.50. The first kappa shape index (κ1) is 26.6. The summed E-state index contributed by atoms with van der Waals surface area (Å²) in [4.78, 5) is 17.4. The zero-order valence-corrected chi connectivity index (χ0v) is 21.4. The largest absolute Gasteiger partial charge is 0.416 e. The van der Waals surface area contributed by atoms with Gasteiger partial charge in [0.1, 0.15) is 5.37 Å². The average molecular weight is 588 g/mol. The van der Waals surface area contributed by atoms with E-state index in [-0.39, 0.29) is 22.7 Å². The van der Waals surface area contributed by atoms with Crippen LogP contribution in [0.1, 0.15) is 22.3 Å². The zero-order chi connectivity index (χ0) is 27.1. The minimum atomic E-state index is -4.96. The summed E-state index contributed by atoms with van der Waals surface area (Å²) in [6, 6.07) is 10.5. The highest BCUT2D eigenvalue weighted by atomic mass is 32.2. The summed E-state index contributed by atoms with van der Waals surface area (Å²) in [6.07, 6.45) is -9.17. The lowest BCUT2D eigenvalue weighted by Crippen LogP contribution is -2.23. The first-order valence-corrected chi connectivity index (χ1v) is 13.6. The Morgan fingerprint density at radius 2 is 1.66 bits per heavy atom. The van der Waals surface area contributed by atoms with Crippen LogP contribution in [-0.4, -0.2) is 43.4 Å². The molecule has 0 N–H and O–H groups in total. The van der Waals surface area contributed by atoms with E-state index in [2.05, 4.69) is 15.2 Å². The van der Waals surface area contributed by atoms with E-state index in [4.69, 9.17) is 0 Å². The van der Waals surface area contributed by atoms with Crippen molar-refractivity contribution in [2.45, 2.75) is 27.2 Å². The highest BCUT2D eigenvalue weighted by Crippen LogP contribution is 2.42. The van der Waals surface area contributed by atoms with E-state index < -0.39 is 23.5 Å². The molecular weight excluding hydrogens is 572 g/mol. The van der Waals surface area contributed by atoms with Gasteiger partial charge in [-0.15, -0.1) is 33.3 Å². The Labute approximate surface area is 224 Å². The molecule has 6 nitrogen and oxygen atoms in total. The molecule has 1 atom stereocenters. The van der Waals surface area contributed by atoms with Crippen LogP contribution in [0.3, 0.4) is 0 Å². The maximum Gasteiger partial charge on any atom is 0.416 e. The van der Waals surface area contributed by atoms with E-state index in [0.29, 0.717) is 34.0 Å². The van der Waals surface area contributed by atoms with Crippen LogP contribution < -0.4 is 0 Å². The van der Waals surface area contributed by atoms with Crippen LogP contribution in [0.2, 0.25) is 0 Å². The number of carbonyl (C=O) groups is 1. The molecule has 1 amide bonds. The van der Waals surface area contributed by atoms with Gasteiger partial charge in [0.2, 0.25) is 11.6 Å². The fourth-order valence-corrected chi connectivity index (χ4v) is 6.73. The van der Waals surface area contributed by atoms with Crippen molar-refractivity contribution in [3.05, 3.63) is 70.9 Å². The Kier molecular flexibility index (Phi) is 7.17. The topological polar surface area (TPSA) is 63.9 Å². The summed E-state index contributed by atoms with van der Waals surface area (Å²) in [6.45, 7) is 0.551. The Morgan fingerprint density at radius 1 is 0.974 bits per heavy atom. The summed E-state index contributed by atoms with van der Waals surface area (Å²) in [5, 5.41) is 9.98. The van der Waals surface area contributed by atoms with Gasteiger partial charge in [0, 0.05) is 28.9 Å². The molecule has 15 heteroatoms. The highest BCUT2D eigenvalue weighted by molar-refractivity contribution is 8.01. The number of para-hydroxylation sites is 1. The van der Waals surface area contributed by atoms with Gasteiger partial charge in [-0.3, -0.25) is 9.36 Å². The van der Waals surface area contributed by atoms with Gasteiger partial charge in [-0.2, -0.15) is 26.3 Å². The van der Waals surface area contributed by atoms with E-state index >= 15 is 0 Å². The number of carbonyl (C=O) groups excluding carboxylic acids is 1. The van der Waals surface area contributed by atoms with E-state index in [1.165, 1.54) is 17.1 Å². The lowest BCUT2D eigenvalue weighted by atomic mass is 10.0. The van der Waals surface area contributed by atoms with Crippen molar-refractivity contribution < 1.29 is 31.1 Å². The normalized spacial score (nSPS) is 16.3. The highest BCUT2D eigenvalue weighted by Gasteiger charge is 2.37. The number of thiazole rings is 1. The van der Waals surface area contributed by atoms with Crippen molar-refractivity contribution in [3.8, 4) is 16.9 Å². The minimum absolute atomic E-state index is 0.0291. The SMILES string of the molecule is O=CN1CCSC1c1nnc(Sc2nc(-c3cc(C(F)(F)F)cc(C(F)(F)F)c3)cs2)n1-c1ccccc1. The second-order valence-electron chi connectivity index (χ2n) is 7.97. The Hall–Kier alpha value is -3.04. The molecule has 0 aliphatic carbocycles. The lowest BCUT2D eigenvalue weighted by molar-refractivity contribution is -0.143. The number of alkyl halides is 6. The van der Waals surface area contributed by atoms with Gasteiger partial charge in [-0.05, 0) is 42.1 Å². The molecule has 1 saturated heterocycles. The van der Waals surface area contributed by atoms with Crippen molar-refractivity contribution in [2.75, 3.05) is 12.3 Å². The molecule has 1 aliphatic heterocycles. The molecule has 0 bridgehead atoms. The maximum absolute atomic E-state index is 13.3. The van der Waals surface area contributed by atoms with Crippen molar-refractivity contribution in [1.82, 2.24) is 24.6 Å². The van der Waals surface area contributed by atoms with E-state index in [1.807, 2.05) is 30.3 Å². The van der Waals surface area contributed by atoms with Crippen molar-refractivity contribution in [1.29, 1.82) is 0 Å². The van der Waals surface area contributed by atoms with Crippen LogP contribution in [-0.2, 0) is 17.1 Å². The molecule has 1 fully saturated rings. The molecule has 2 aromatic carbocycles. The average Bonchev–Trinajstić information content (AvgIpc) is 3.63. The summed E-state index contributed by atoms with van der Waals surface area (Å²) in [7, 11) is 0. The van der Waals surface area contributed by atoms with Crippen LogP contribution in [0.4, 0.5) is 26.3 Å². The zero-order valence-electron chi connectivity index (χ0n) is 18.9. The number of hydrogen-bond acceptors (Lipinski definition) is 7. The monoisotopic (exact) mass is 587 g/mol. The smallest absolute Gasteiger partial charge is 0.325 e. The summed E-state index contributed by atoms with van der Waals surface area (Å²) >= 11 is 3.65. The van der Waals surface area contributed by atoms with Crippen LogP contribution in [0, 0.1) is 0 Å². The summed E-state index contributed by atoms with van der Waals surface area (Å²) in [5.74, 6) is 1.23. The predicted molar refractivity (Wildman–Crippen MR) is 131 cm³/mol. The molecule has 198 valence electrons. The van der Waals surface area contributed by atoms with Crippen molar-refractivity contribution >= 4 is 41.3 Å². The minimum Gasteiger partial charge on any atom is -0.325 e. The number of hydrogen-bond donors (Lipinski definition) is 0. The Morgan fingerprint density at radius 3 is 2.29 bits per heavy atom. The van der Waals surface area contributed by atoms with Gasteiger partial charge in [0.05, 0.1) is 16.8 Å². The van der Waals surface area contributed by atoms with E-state index in [0.717, 1.165) is 40.9 Å². The molecular formula is C23H15F6N5OS3. The van der Waals surface area contributed by atoms with Crippen LogP contribution in [0.15, 0.2) is 63.4 Å². The molecule has 0 saturated carbocycles. The van der Waals surface area contributed by atoms with Crippen molar-refractivity contribution in [3.63, 3.8) is 0 Å². The molecule has 2 aromatic heterocycles. The van der Waals surface area contributed by atoms with Gasteiger partial charge in [-0.25, -0.2) is 4.98 Å². The molecule has 38 heavy (non-hydrogen) atoms. The van der Waals surface area contributed by atoms with Crippen LogP contribution in [0.25, 0.3) is 16.9 Å². The molecule has 1 unspecified atom stereocenters. The Bertz CT molecular complexity index is 1420. The molecule has 0 spiro atoms. The van der Waals surface area contributed by atoms with E-state index in [9.17, 15) is 31.1 Å². The maximum atomic E-state index is 13.3.